The lowest BCUT2D eigenvalue weighted by molar-refractivity contribution is 1.10. The molecule has 0 amide bonds. The van der Waals surface area contributed by atoms with Crippen molar-refractivity contribution in [2.75, 3.05) is 5.75 Å². The summed E-state index contributed by atoms with van der Waals surface area (Å²) in [5, 5.41) is 5.36. The van der Waals surface area contributed by atoms with Gasteiger partial charge in [-0.1, -0.05) is 156 Å². The van der Waals surface area contributed by atoms with Crippen LogP contribution >= 0.6 is 10.4 Å². The number of benzene rings is 7. The topological polar surface area (TPSA) is 9.86 Å². The Labute approximate surface area is 275 Å². The Morgan fingerprint density at radius 3 is 1.47 bits per heavy atom. The van der Waals surface area contributed by atoms with Gasteiger partial charge in [-0.25, -0.2) is 0 Å². The van der Waals surface area contributed by atoms with Gasteiger partial charge in [0.1, 0.15) is 0 Å². The zero-order valence-electron chi connectivity index (χ0n) is 25.9. The first-order chi connectivity index (χ1) is 23.3. The predicted molar refractivity (Wildman–Crippen MR) is 201 cm³/mol. The lowest BCUT2D eigenvalue weighted by Crippen LogP contribution is -2.20. The van der Waals surface area contributed by atoms with Crippen LogP contribution in [0.2, 0.25) is 0 Å². The van der Waals surface area contributed by atoms with Crippen LogP contribution in [-0.4, -0.2) is 13.7 Å². The Hall–Kier alpha value is -5.51. The molecule has 0 fully saturated rings. The lowest BCUT2D eigenvalue weighted by Gasteiger charge is -2.42. The third-order valence-electron chi connectivity index (χ3n) is 10.0. The molecule has 3 heterocycles. The number of hydrogen-bond donors (Lipinski definition) is 0. The summed E-state index contributed by atoms with van der Waals surface area (Å²) in [6, 6.07) is 63.0. The number of nitrogens with zero attached hydrogens (tertiary/aromatic N) is 2. The molecule has 10 rings (SSSR count). The summed E-state index contributed by atoms with van der Waals surface area (Å²) in [7, 11) is -1.84. The number of aryl methyl sites for hydroxylation is 1. The molecule has 2 aromatic heterocycles. The van der Waals surface area contributed by atoms with E-state index in [1.54, 1.807) is 0 Å². The summed E-state index contributed by atoms with van der Waals surface area (Å²) >= 11 is 0. The van der Waals surface area contributed by atoms with E-state index in [2.05, 4.69) is 178 Å². The van der Waals surface area contributed by atoms with Gasteiger partial charge >= 0.3 is 0 Å². The zero-order valence-corrected chi connectivity index (χ0v) is 26.7. The van der Waals surface area contributed by atoms with E-state index < -0.39 is 10.4 Å². The molecule has 0 atom stereocenters. The van der Waals surface area contributed by atoms with Gasteiger partial charge < -0.3 is 0 Å². The molecule has 0 aliphatic carbocycles. The molecular formula is C44H32N2S. The van der Waals surface area contributed by atoms with Crippen LogP contribution in [0.1, 0.15) is 5.56 Å². The number of hydrogen-bond acceptors (Lipinski definition) is 0. The molecule has 0 N–H and O–H groups in total. The highest BCUT2D eigenvalue weighted by Crippen LogP contribution is 2.68. The summed E-state index contributed by atoms with van der Waals surface area (Å²) in [6.45, 7) is 0. The number of fused-ring (bicyclic) bond motifs is 6. The van der Waals surface area contributed by atoms with Crippen LogP contribution in [-0.2, 0) is 6.42 Å². The summed E-state index contributed by atoms with van der Waals surface area (Å²) in [5.41, 5.74) is 11.8. The fourth-order valence-electron chi connectivity index (χ4n) is 7.95. The van der Waals surface area contributed by atoms with Gasteiger partial charge in [0.05, 0.1) is 22.1 Å². The van der Waals surface area contributed by atoms with Crippen LogP contribution in [0.15, 0.2) is 175 Å². The third kappa shape index (κ3) is 3.81. The molecule has 9 aromatic rings. The second kappa shape index (κ2) is 10.2. The van der Waals surface area contributed by atoms with Gasteiger partial charge in [-0.2, -0.15) is 0 Å². The van der Waals surface area contributed by atoms with E-state index in [4.69, 9.17) is 0 Å². The van der Waals surface area contributed by atoms with E-state index in [9.17, 15) is 0 Å². The maximum absolute atomic E-state index is 2.78. The normalized spacial score (nSPS) is 14.1. The van der Waals surface area contributed by atoms with Crippen molar-refractivity contribution in [3.05, 3.63) is 175 Å². The molecule has 7 aromatic carbocycles. The van der Waals surface area contributed by atoms with Crippen molar-refractivity contribution in [1.29, 1.82) is 0 Å². The van der Waals surface area contributed by atoms with Crippen molar-refractivity contribution in [3.63, 3.8) is 0 Å². The zero-order chi connectivity index (χ0) is 31.0. The molecule has 1 aliphatic heterocycles. The van der Waals surface area contributed by atoms with Crippen molar-refractivity contribution in [1.82, 2.24) is 7.94 Å². The van der Waals surface area contributed by atoms with Gasteiger partial charge in [0, 0.05) is 32.2 Å². The van der Waals surface area contributed by atoms with E-state index in [0.29, 0.717) is 0 Å². The monoisotopic (exact) mass is 620 g/mol. The van der Waals surface area contributed by atoms with Crippen molar-refractivity contribution < 1.29 is 0 Å². The highest BCUT2D eigenvalue weighted by atomic mass is 32.3. The van der Waals surface area contributed by atoms with Crippen LogP contribution < -0.4 is 0 Å². The van der Waals surface area contributed by atoms with Crippen LogP contribution in [0.25, 0.3) is 65.9 Å². The fraction of sp³-hybridized carbons (Fsp3) is 0.0455. The molecular weight excluding hydrogens is 589 g/mol. The Bertz CT molecular complexity index is 2530. The molecule has 0 spiro atoms. The van der Waals surface area contributed by atoms with E-state index in [-0.39, 0.29) is 0 Å². The molecule has 0 saturated heterocycles. The Morgan fingerprint density at radius 2 is 0.872 bits per heavy atom. The van der Waals surface area contributed by atoms with E-state index in [1.165, 1.54) is 76.3 Å². The molecule has 2 nitrogen and oxygen atoms in total. The average molecular weight is 621 g/mol. The summed E-state index contributed by atoms with van der Waals surface area (Å²) in [6.07, 6.45) is 0.960. The first-order valence-electron chi connectivity index (χ1n) is 16.4. The summed E-state index contributed by atoms with van der Waals surface area (Å²) in [4.78, 5) is 1.39. The van der Waals surface area contributed by atoms with Gasteiger partial charge in [-0.15, -0.1) is 0 Å². The van der Waals surface area contributed by atoms with Crippen LogP contribution in [0, 0.1) is 0 Å². The Balaban J connectivity index is 1.28. The number of aromatic nitrogens is 2. The second-order valence-electron chi connectivity index (χ2n) is 12.6. The van der Waals surface area contributed by atoms with Crippen LogP contribution in [0.4, 0.5) is 0 Å². The number of rotatable bonds is 6. The average Bonchev–Trinajstić information content (AvgIpc) is 3.78. The van der Waals surface area contributed by atoms with E-state index >= 15 is 0 Å². The smallest absolute Gasteiger partial charge is 0.0860 e. The second-order valence-corrected chi connectivity index (χ2v) is 15.5. The third-order valence-corrected chi connectivity index (χ3v) is 13.8. The van der Waals surface area contributed by atoms with Crippen molar-refractivity contribution in [2.24, 2.45) is 0 Å². The SMILES string of the molecule is c1ccc(-c2cccc(CCS3(c4cccc(-c5ccccc5)c4)n4c5ccccc5c5ccc6c7ccccc7n3c6c54)c2)cc1. The predicted octanol–water partition coefficient (Wildman–Crippen LogP) is 11.9. The minimum absolute atomic E-state index is 0.960. The van der Waals surface area contributed by atoms with Gasteiger partial charge in [-0.3, -0.25) is 7.94 Å². The quantitative estimate of drug-likeness (QED) is 0.175. The highest BCUT2D eigenvalue weighted by Gasteiger charge is 2.41. The Kier molecular flexibility index (Phi) is 5.82. The molecule has 0 bridgehead atoms. The minimum Gasteiger partial charge on any atom is -0.279 e. The van der Waals surface area contributed by atoms with E-state index in [0.717, 1.165) is 12.2 Å². The fourth-order valence-corrected chi connectivity index (χ4v) is 12.2. The standard InChI is InChI=1S/C44H32N2S/c1-3-14-32(15-4-1)34-18-11-13-31(29-34)27-28-47(36-20-12-19-35(30-36)33-16-5-2-6-17-33)45-41-23-9-7-21-37(41)39-25-26-40-38-22-8-10-24-42(38)46(47)44(40)43(39)45/h1-26,29-30H,27-28H2. The molecule has 0 unspecified atom stereocenters. The molecule has 0 radical (unpaired) electrons. The van der Waals surface area contributed by atoms with Gasteiger partial charge in [0.15, 0.2) is 0 Å². The maximum Gasteiger partial charge on any atom is 0.0860 e. The van der Waals surface area contributed by atoms with Gasteiger partial charge in [0.2, 0.25) is 0 Å². The molecule has 1 aliphatic rings. The summed E-state index contributed by atoms with van der Waals surface area (Å²) in [5.74, 6) is 0.986. The highest BCUT2D eigenvalue weighted by molar-refractivity contribution is 8.32. The van der Waals surface area contributed by atoms with Crippen LogP contribution in [0.5, 0.6) is 0 Å². The molecule has 3 heteroatoms. The maximum atomic E-state index is 2.78. The molecule has 224 valence electrons. The van der Waals surface area contributed by atoms with Crippen LogP contribution in [0.3, 0.4) is 0 Å². The molecule has 47 heavy (non-hydrogen) atoms. The van der Waals surface area contributed by atoms with Gasteiger partial charge in [-0.05, 0) is 58.5 Å². The largest absolute Gasteiger partial charge is 0.279 e. The van der Waals surface area contributed by atoms with Crippen molar-refractivity contribution >= 4 is 54.0 Å². The first-order valence-corrected chi connectivity index (χ1v) is 18.1. The summed E-state index contributed by atoms with van der Waals surface area (Å²) < 4.78 is 5.55. The molecule has 0 saturated carbocycles. The Morgan fingerprint density at radius 1 is 0.383 bits per heavy atom. The first kappa shape index (κ1) is 26.7. The van der Waals surface area contributed by atoms with E-state index in [1.807, 2.05) is 0 Å². The lowest BCUT2D eigenvalue weighted by atomic mass is 10.0. The van der Waals surface area contributed by atoms with Gasteiger partial charge in [0.25, 0.3) is 0 Å². The number of para-hydroxylation sites is 2. The minimum atomic E-state index is -1.84. The van der Waals surface area contributed by atoms with Crippen molar-refractivity contribution in [2.45, 2.75) is 11.3 Å². The van der Waals surface area contributed by atoms with Crippen molar-refractivity contribution in [3.8, 4) is 22.3 Å².